The third-order valence-electron chi connectivity index (χ3n) is 2.11. The van der Waals surface area contributed by atoms with Gasteiger partial charge in [0.05, 0.1) is 10.9 Å². The van der Waals surface area contributed by atoms with E-state index in [1.54, 1.807) is 19.9 Å². The summed E-state index contributed by atoms with van der Waals surface area (Å²) in [5.74, 6) is -1.30. The van der Waals surface area contributed by atoms with Gasteiger partial charge in [-0.05, 0) is 31.5 Å². The number of carboxylic acids is 1. The largest absolute Gasteiger partial charge is 0.478 e. The first-order valence-electron chi connectivity index (χ1n) is 4.45. The van der Waals surface area contributed by atoms with Crippen molar-refractivity contribution in [3.05, 3.63) is 34.9 Å². The lowest BCUT2D eigenvalue weighted by Gasteiger charge is -2.07. The topological polar surface area (TPSA) is 54.4 Å². The van der Waals surface area contributed by atoms with Gasteiger partial charge < -0.3 is 5.11 Å². The predicted molar refractivity (Wildman–Crippen MR) is 57.8 cm³/mol. The molecule has 0 radical (unpaired) electrons. The summed E-state index contributed by atoms with van der Waals surface area (Å²) in [5.41, 5.74) is 1.20. The first-order valence-corrected chi connectivity index (χ1v) is 4.89. The minimum Gasteiger partial charge on any atom is -0.478 e. The van der Waals surface area contributed by atoms with E-state index >= 15 is 0 Å². The smallest absolute Gasteiger partial charge is 0.335 e. The van der Waals surface area contributed by atoms with Crippen LogP contribution in [0.5, 0.6) is 0 Å². The van der Waals surface area contributed by atoms with Crippen LogP contribution in [0, 0.1) is 6.92 Å². The maximum atomic E-state index is 11.6. The number of carbonyl (C=O) groups excluding carboxylic acids is 1. The van der Waals surface area contributed by atoms with Crippen LogP contribution >= 0.6 is 11.6 Å². The highest BCUT2D eigenvalue weighted by atomic mass is 35.5. The molecule has 1 atom stereocenters. The lowest BCUT2D eigenvalue weighted by atomic mass is 10.00. The lowest BCUT2D eigenvalue weighted by molar-refractivity contribution is 0.0697. The van der Waals surface area contributed by atoms with E-state index in [2.05, 4.69) is 0 Å². The van der Waals surface area contributed by atoms with Crippen LogP contribution in [0.3, 0.4) is 0 Å². The molecule has 3 nitrogen and oxygen atoms in total. The van der Waals surface area contributed by atoms with Crippen molar-refractivity contribution in [1.29, 1.82) is 0 Å². The molecular weight excluding hydrogens is 216 g/mol. The van der Waals surface area contributed by atoms with E-state index < -0.39 is 11.3 Å². The summed E-state index contributed by atoms with van der Waals surface area (Å²) >= 11 is 5.67. The van der Waals surface area contributed by atoms with Crippen LogP contribution in [0.2, 0.25) is 0 Å². The molecule has 15 heavy (non-hydrogen) atoms. The zero-order valence-electron chi connectivity index (χ0n) is 8.45. The van der Waals surface area contributed by atoms with E-state index in [4.69, 9.17) is 16.7 Å². The highest BCUT2D eigenvalue weighted by Gasteiger charge is 2.16. The fraction of sp³-hybridized carbons (Fsp3) is 0.273. The molecule has 1 aromatic rings. The Balaban J connectivity index is 3.22. The zero-order chi connectivity index (χ0) is 11.6. The number of carbonyl (C=O) groups is 2. The summed E-state index contributed by atoms with van der Waals surface area (Å²) in [4.78, 5) is 22.3. The fourth-order valence-electron chi connectivity index (χ4n) is 1.23. The Kier molecular flexibility index (Phi) is 3.48. The normalized spacial score (nSPS) is 12.2. The molecule has 1 unspecified atom stereocenters. The Labute approximate surface area is 92.7 Å². The highest BCUT2D eigenvalue weighted by molar-refractivity contribution is 6.33. The second-order valence-corrected chi connectivity index (χ2v) is 3.97. The van der Waals surface area contributed by atoms with Crippen LogP contribution in [0.4, 0.5) is 0 Å². The van der Waals surface area contributed by atoms with Crippen LogP contribution in [-0.4, -0.2) is 22.2 Å². The Hall–Kier alpha value is -1.35. The summed E-state index contributed by atoms with van der Waals surface area (Å²) in [5, 5.41) is 8.13. The van der Waals surface area contributed by atoms with Crippen molar-refractivity contribution in [3.63, 3.8) is 0 Å². The van der Waals surface area contributed by atoms with Gasteiger partial charge in [-0.25, -0.2) is 4.79 Å². The monoisotopic (exact) mass is 226 g/mol. The van der Waals surface area contributed by atoms with Gasteiger partial charge >= 0.3 is 5.97 Å². The van der Waals surface area contributed by atoms with Gasteiger partial charge in [-0.15, -0.1) is 11.6 Å². The summed E-state index contributed by atoms with van der Waals surface area (Å²) in [7, 11) is 0. The van der Waals surface area contributed by atoms with Gasteiger partial charge in [-0.2, -0.15) is 0 Å². The number of aromatic carboxylic acids is 1. The number of aryl methyl sites for hydroxylation is 1. The van der Waals surface area contributed by atoms with Crippen molar-refractivity contribution in [2.45, 2.75) is 19.2 Å². The molecule has 0 saturated heterocycles. The van der Waals surface area contributed by atoms with Gasteiger partial charge in [0, 0.05) is 5.56 Å². The van der Waals surface area contributed by atoms with Crippen molar-refractivity contribution in [2.75, 3.05) is 0 Å². The van der Waals surface area contributed by atoms with Gasteiger partial charge in [0.25, 0.3) is 0 Å². The fourth-order valence-corrected chi connectivity index (χ4v) is 1.35. The van der Waals surface area contributed by atoms with Gasteiger partial charge in [-0.3, -0.25) is 4.79 Å². The number of hydrogen-bond acceptors (Lipinski definition) is 2. The number of ketones is 1. The van der Waals surface area contributed by atoms with Crippen molar-refractivity contribution in [1.82, 2.24) is 0 Å². The maximum Gasteiger partial charge on any atom is 0.335 e. The first kappa shape index (κ1) is 11.7. The maximum absolute atomic E-state index is 11.6. The van der Waals surface area contributed by atoms with E-state index in [0.717, 1.165) is 5.56 Å². The van der Waals surface area contributed by atoms with Gasteiger partial charge in [0.1, 0.15) is 0 Å². The Morgan fingerprint density at radius 2 is 2.00 bits per heavy atom. The lowest BCUT2D eigenvalue weighted by Crippen LogP contribution is -2.13. The van der Waals surface area contributed by atoms with E-state index in [9.17, 15) is 9.59 Å². The molecule has 1 rings (SSSR count). The molecule has 0 heterocycles. The van der Waals surface area contributed by atoms with Crippen LogP contribution < -0.4 is 0 Å². The quantitative estimate of drug-likeness (QED) is 0.637. The Morgan fingerprint density at radius 1 is 1.40 bits per heavy atom. The number of hydrogen-bond donors (Lipinski definition) is 1. The third-order valence-corrected chi connectivity index (χ3v) is 2.31. The molecule has 0 aliphatic rings. The van der Waals surface area contributed by atoms with E-state index in [1.807, 2.05) is 0 Å². The SMILES string of the molecule is Cc1ccc(C(=O)O)cc1C(=O)C(C)Cl. The molecule has 0 saturated carbocycles. The molecule has 1 N–H and O–H groups in total. The molecule has 0 fully saturated rings. The zero-order valence-corrected chi connectivity index (χ0v) is 9.21. The summed E-state index contributed by atoms with van der Waals surface area (Å²) in [6.45, 7) is 3.31. The second kappa shape index (κ2) is 4.45. The number of alkyl halides is 1. The third kappa shape index (κ3) is 2.57. The van der Waals surface area contributed by atoms with Crippen LogP contribution in [0.25, 0.3) is 0 Å². The second-order valence-electron chi connectivity index (χ2n) is 3.32. The van der Waals surface area contributed by atoms with E-state index in [-0.39, 0.29) is 11.3 Å². The molecular formula is C11H11ClO3. The van der Waals surface area contributed by atoms with Crippen molar-refractivity contribution in [2.24, 2.45) is 0 Å². The molecule has 0 spiro atoms. The highest BCUT2D eigenvalue weighted by Crippen LogP contribution is 2.15. The van der Waals surface area contributed by atoms with E-state index in [1.165, 1.54) is 12.1 Å². The number of halogens is 1. The number of benzene rings is 1. The van der Waals surface area contributed by atoms with Crippen molar-refractivity contribution >= 4 is 23.4 Å². The summed E-state index contributed by atoms with van der Waals surface area (Å²) < 4.78 is 0. The summed E-state index contributed by atoms with van der Waals surface area (Å²) in [6.07, 6.45) is 0. The van der Waals surface area contributed by atoms with Crippen LogP contribution in [0.15, 0.2) is 18.2 Å². The molecule has 80 valence electrons. The van der Waals surface area contributed by atoms with Gasteiger partial charge in [0.15, 0.2) is 5.78 Å². The minimum absolute atomic E-state index is 0.0984. The molecule has 1 aromatic carbocycles. The minimum atomic E-state index is -1.05. The van der Waals surface area contributed by atoms with Crippen molar-refractivity contribution < 1.29 is 14.7 Å². The summed E-state index contributed by atoms with van der Waals surface area (Å²) in [6, 6.07) is 4.43. The van der Waals surface area contributed by atoms with Gasteiger partial charge in [-0.1, -0.05) is 6.07 Å². The molecule has 0 aromatic heterocycles. The molecule has 0 bridgehead atoms. The predicted octanol–water partition coefficient (Wildman–Crippen LogP) is 2.50. The molecule has 0 aliphatic heterocycles. The molecule has 4 heteroatoms. The average Bonchev–Trinajstić information content (AvgIpc) is 2.16. The molecule has 0 aliphatic carbocycles. The Bertz CT molecular complexity index is 410. The number of carboxylic acid groups (broad SMARTS) is 1. The average molecular weight is 227 g/mol. The first-order chi connectivity index (χ1) is 6.93. The Morgan fingerprint density at radius 3 is 2.47 bits per heavy atom. The number of Topliss-reactive ketones (excluding diaryl/α,β-unsaturated/α-hetero) is 1. The van der Waals surface area contributed by atoms with Crippen LogP contribution in [0.1, 0.15) is 33.2 Å². The van der Waals surface area contributed by atoms with Gasteiger partial charge in [0.2, 0.25) is 0 Å². The number of rotatable bonds is 3. The van der Waals surface area contributed by atoms with Crippen LogP contribution in [-0.2, 0) is 0 Å². The molecule has 0 amide bonds. The van der Waals surface area contributed by atoms with Crippen molar-refractivity contribution in [3.8, 4) is 0 Å². The standard InChI is InChI=1S/C11H11ClO3/c1-6-3-4-8(11(14)15)5-9(6)10(13)7(2)12/h3-5,7H,1-2H3,(H,14,15). The van der Waals surface area contributed by atoms with E-state index in [0.29, 0.717) is 5.56 Å².